The maximum Gasteiger partial charge on any atom is 0.258 e. The van der Waals surface area contributed by atoms with Gasteiger partial charge in [0.2, 0.25) is 21.9 Å². The van der Waals surface area contributed by atoms with Crippen LogP contribution in [0.4, 0.5) is 5.95 Å². The van der Waals surface area contributed by atoms with Gasteiger partial charge in [0, 0.05) is 45.2 Å². The minimum atomic E-state index is -3.78. The average Bonchev–Trinajstić information content (AvgIpc) is 3.16. The Hall–Kier alpha value is -3.24. The van der Waals surface area contributed by atoms with Crippen molar-refractivity contribution in [1.29, 1.82) is 0 Å². The number of imidazole rings is 1. The van der Waals surface area contributed by atoms with Crippen molar-refractivity contribution in [3.8, 4) is 0 Å². The first-order valence-electron chi connectivity index (χ1n) is 10.9. The molecule has 2 amide bonds. The number of aromatic nitrogens is 2. The molecule has 0 aliphatic carbocycles. The molecule has 1 aliphatic heterocycles. The highest BCUT2D eigenvalue weighted by Gasteiger charge is 2.29. The van der Waals surface area contributed by atoms with E-state index in [-0.39, 0.29) is 29.5 Å². The molecule has 33 heavy (non-hydrogen) atoms. The fourth-order valence-corrected chi connectivity index (χ4v) is 5.45. The summed E-state index contributed by atoms with van der Waals surface area (Å²) in [6, 6.07) is 13.7. The van der Waals surface area contributed by atoms with E-state index in [1.54, 1.807) is 17.0 Å². The molecule has 2 heterocycles. The summed E-state index contributed by atoms with van der Waals surface area (Å²) < 4.78 is 29.6. The highest BCUT2D eigenvalue weighted by atomic mass is 32.2. The number of aryl methyl sites for hydroxylation is 1. The Balaban J connectivity index is 1.56. The molecule has 3 aromatic rings. The lowest BCUT2D eigenvalue weighted by atomic mass is 10.2. The predicted octanol–water partition coefficient (Wildman–Crippen LogP) is 2.55. The number of para-hydroxylation sites is 2. The van der Waals surface area contributed by atoms with Gasteiger partial charge in [-0.2, -0.15) is 4.31 Å². The standard InChI is InChI=1S/C23H27N5O4S/c1-3-11-28-21-10-5-4-9-20(21)24-23(28)25-22(30)18-7-6-8-19(16-18)33(31,32)27-14-12-26(13-15-27)17(2)29/h4-10,16H,3,11-15H2,1-2H3,(H,24,25,30). The summed E-state index contributed by atoms with van der Waals surface area (Å²) in [5.74, 6) is -0.0717. The summed E-state index contributed by atoms with van der Waals surface area (Å²) in [5, 5.41) is 2.84. The van der Waals surface area contributed by atoms with Gasteiger partial charge in [-0.25, -0.2) is 13.4 Å². The Morgan fingerprint density at radius 1 is 1.03 bits per heavy atom. The van der Waals surface area contributed by atoms with Crippen LogP contribution in [0.2, 0.25) is 0 Å². The van der Waals surface area contributed by atoms with Crippen molar-refractivity contribution in [3.63, 3.8) is 0 Å². The van der Waals surface area contributed by atoms with Crippen LogP contribution in [0.5, 0.6) is 0 Å². The molecule has 0 spiro atoms. The van der Waals surface area contributed by atoms with E-state index < -0.39 is 15.9 Å². The molecule has 1 fully saturated rings. The second-order valence-corrected chi connectivity index (χ2v) is 9.91. The molecular weight excluding hydrogens is 442 g/mol. The number of nitrogens with one attached hydrogen (secondary N) is 1. The maximum absolute atomic E-state index is 13.1. The molecule has 1 N–H and O–H groups in total. The molecule has 0 bridgehead atoms. The van der Waals surface area contributed by atoms with E-state index in [0.29, 0.717) is 25.6 Å². The van der Waals surface area contributed by atoms with Crippen LogP contribution in [0.25, 0.3) is 11.0 Å². The Kier molecular flexibility index (Phi) is 6.48. The van der Waals surface area contributed by atoms with Crippen LogP contribution in [0.3, 0.4) is 0 Å². The van der Waals surface area contributed by atoms with Crippen LogP contribution in [0.15, 0.2) is 53.4 Å². The monoisotopic (exact) mass is 469 g/mol. The Morgan fingerprint density at radius 2 is 1.76 bits per heavy atom. The number of hydrogen-bond donors (Lipinski definition) is 1. The molecule has 0 radical (unpaired) electrons. The number of sulfonamides is 1. The number of benzene rings is 2. The van der Waals surface area contributed by atoms with Crippen molar-refractivity contribution < 1.29 is 18.0 Å². The van der Waals surface area contributed by atoms with Gasteiger partial charge in [-0.05, 0) is 36.8 Å². The van der Waals surface area contributed by atoms with Crippen molar-refractivity contribution in [2.75, 3.05) is 31.5 Å². The summed E-state index contributed by atoms with van der Waals surface area (Å²) in [6.45, 7) is 5.35. The number of anilines is 1. The smallest absolute Gasteiger partial charge is 0.258 e. The number of piperazine rings is 1. The van der Waals surface area contributed by atoms with Crippen molar-refractivity contribution in [3.05, 3.63) is 54.1 Å². The van der Waals surface area contributed by atoms with E-state index in [1.165, 1.54) is 23.4 Å². The number of hydrogen-bond acceptors (Lipinski definition) is 5. The first-order chi connectivity index (χ1) is 15.8. The fourth-order valence-electron chi connectivity index (χ4n) is 3.98. The second kappa shape index (κ2) is 9.32. The van der Waals surface area contributed by atoms with E-state index in [0.717, 1.165) is 17.5 Å². The summed E-state index contributed by atoms with van der Waals surface area (Å²) in [5.41, 5.74) is 1.94. The van der Waals surface area contributed by atoms with E-state index in [2.05, 4.69) is 10.3 Å². The number of carbonyl (C=O) groups is 2. The van der Waals surface area contributed by atoms with E-state index in [4.69, 9.17) is 0 Å². The second-order valence-electron chi connectivity index (χ2n) is 7.97. The topological polar surface area (TPSA) is 105 Å². The number of carbonyl (C=O) groups excluding carboxylic acids is 2. The summed E-state index contributed by atoms with van der Waals surface area (Å²) >= 11 is 0. The summed E-state index contributed by atoms with van der Waals surface area (Å²) in [7, 11) is -3.78. The first kappa shape index (κ1) is 22.9. The third-order valence-electron chi connectivity index (χ3n) is 5.75. The number of rotatable bonds is 6. The summed E-state index contributed by atoms with van der Waals surface area (Å²) in [6.07, 6.45) is 0.869. The van der Waals surface area contributed by atoms with E-state index >= 15 is 0 Å². The molecule has 0 atom stereocenters. The zero-order chi connectivity index (χ0) is 23.6. The molecule has 0 saturated carbocycles. The maximum atomic E-state index is 13.1. The number of nitrogens with zero attached hydrogens (tertiary/aromatic N) is 4. The highest BCUT2D eigenvalue weighted by Crippen LogP contribution is 2.22. The van der Waals surface area contributed by atoms with Gasteiger partial charge in [0.1, 0.15) is 0 Å². The van der Waals surface area contributed by atoms with Gasteiger partial charge in [-0.1, -0.05) is 25.1 Å². The van der Waals surface area contributed by atoms with Crippen molar-refractivity contribution in [2.45, 2.75) is 31.7 Å². The molecule has 174 valence electrons. The van der Waals surface area contributed by atoms with Crippen LogP contribution < -0.4 is 5.32 Å². The van der Waals surface area contributed by atoms with Crippen molar-refractivity contribution >= 4 is 38.8 Å². The van der Waals surface area contributed by atoms with Gasteiger partial charge in [0.25, 0.3) is 5.91 Å². The zero-order valence-corrected chi connectivity index (χ0v) is 19.5. The summed E-state index contributed by atoms with van der Waals surface area (Å²) in [4.78, 5) is 30.7. The third-order valence-corrected chi connectivity index (χ3v) is 7.64. The molecule has 1 saturated heterocycles. The average molecular weight is 470 g/mol. The minimum Gasteiger partial charge on any atom is -0.340 e. The molecule has 10 heteroatoms. The third kappa shape index (κ3) is 4.62. The van der Waals surface area contributed by atoms with Crippen LogP contribution in [0.1, 0.15) is 30.6 Å². The predicted molar refractivity (Wildman–Crippen MR) is 125 cm³/mol. The fraction of sp³-hybridized carbons (Fsp3) is 0.348. The SMILES string of the molecule is CCCn1c(NC(=O)c2cccc(S(=O)(=O)N3CCN(C(C)=O)CC3)c2)nc2ccccc21. The van der Waals surface area contributed by atoms with Gasteiger partial charge < -0.3 is 9.47 Å². The quantitative estimate of drug-likeness (QED) is 0.597. The van der Waals surface area contributed by atoms with E-state index in [1.807, 2.05) is 35.8 Å². The van der Waals surface area contributed by atoms with Gasteiger partial charge >= 0.3 is 0 Å². The largest absolute Gasteiger partial charge is 0.340 e. The minimum absolute atomic E-state index is 0.0495. The first-order valence-corrected chi connectivity index (χ1v) is 12.4. The molecule has 4 rings (SSSR count). The highest BCUT2D eigenvalue weighted by molar-refractivity contribution is 7.89. The van der Waals surface area contributed by atoms with Crippen LogP contribution in [0, 0.1) is 0 Å². The van der Waals surface area contributed by atoms with Gasteiger partial charge in [-0.15, -0.1) is 0 Å². The Bertz CT molecular complexity index is 1290. The zero-order valence-electron chi connectivity index (χ0n) is 18.7. The van der Waals surface area contributed by atoms with Gasteiger partial charge in [0.15, 0.2) is 0 Å². The molecular formula is C23H27N5O4S. The lowest BCUT2D eigenvalue weighted by Crippen LogP contribution is -2.49. The number of fused-ring (bicyclic) bond motifs is 1. The molecule has 0 unspecified atom stereocenters. The number of amides is 2. The molecule has 1 aromatic heterocycles. The van der Waals surface area contributed by atoms with E-state index in [9.17, 15) is 18.0 Å². The van der Waals surface area contributed by atoms with Crippen LogP contribution in [-0.2, 0) is 21.4 Å². The lowest BCUT2D eigenvalue weighted by Gasteiger charge is -2.33. The van der Waals surface area contributed by atoms with Crippen molar-refractivity contribution in [2.24, 2.45) is 0 Å². The molecule has 1 aliphatic rings. The molecule has 2 aromatic carbocycles. The van der Waals surface area contributed by atoms with Crippen LogP contribution in [-0.4, -0.2) is 65.2 Å². The lowest BCUT2D eigenvalue weighted by molar-refractivity contribution is -0.129. The normalized spacial score (nSPS) is 15.0. The van der Waals surface area contributed by atoms with Crippen molar-refractivity contribution in [1.82, 2.24) is 18.8 Å². The van der Waals surface area contributed by atoms with Gasteiger partial charge in [0.05, 0.1) is 15.9 Å². The van der Waals surface area contributed by atoms with Crippen LogP contribution >= 0.6 is 0 Å². The molecule has 9 nitrogen and oxygen atoms in total. The Labute approximate surface area is 193 Å². The Morgan fingerprint density at radius 3 is 2.45 bits per heavy atom. The van der Waals surface area contributed by atoms with Gasteiger partial charge in [-0.3, -0.25) is 14.9 Å².